The van der Waals surface area contributed by atoms with Gasteiger partial charge in [-0.05, 0) is 30.7 Å². The van der Waals surface area contributed by atoms with Crippen LogP contribution < -0.4 is 15.3 Å². The van der Waals surface area contributed by atoms with Crippen molar-refractivity contribution >= 4 is 29.0 Å². The van der Waals surface area contributed by atoms with E-state index in [1.807, 2.05) is 23.6 Å². The quantitative estimate of drug-likeness (QED) is 0.596. The fraction of sp³-hybridized carbons (Fsp3) is 0.611. The van der Waals surface area contributed by atoms with E-state index in [0.29, 0.717) is 12.1 Å². The summed E-state index contributed by atoms with van der Waals surface area (Å²) in [5, 5.41) is 23.5. The van der Waals surface area contributed by atoms with Crippen molar-refractivity contribution in [1.29, 1.82) is 0 Å². The second kappa shape index (κ2) is 10.6. The van der Waals surface area contributed by atoms with Crippen molar-refractivity contribution in [1.82, 2.24) is 5.32 Å². The number of nitrogens with one attached hydrogen (secondary N) is 1. The van der Waals surface area contributed by atoms with E-state index in [1.165, 1.54) is 6.07 Å². The Bertz CT molecular complexity index is 583. The topological polar surface area (TPSA) is 76.0 Å². The van der Waals surface area contributed by atoms with Crippen molar-refractivity contribution in [2.75, 3.05) is 47.6 Å². The minimum atomic E-state index is -0.953. The van der Waals surface area contributed by atoms with Crippen LogP contribution in [0.4, 0.5) is 15.8 Å². The van der Waals surface area contributed by atoms with Gasteiger partial charge in [-0.3, -0.25) is 15.1 Å². The van der Waals surface area contributed by atoms with Crippen molar-refractivity contribution in [3.63, 3.8) is 0 Å². The minimum absolute atomic E-state index is 0.0436. The summed E-state index contributed by atoms with van der Waals surface area (Å²) in [5.74, 6) is 1.54. The summed E-state index contributed by atoms with van der Waals surface area (Å²) >= 11 is 1.87. The third-order valence-electron chi connectivity index (χ3n) is 4.19. The smallest absolute Gasteiger partial charge is 0.220 e. The van der Waals surface area contributed by atoms with Crippen LogP contribution in [0, 0.1) is 5.82 Å². The largest absolute Gasteiger partial charge is 0.389 e. The van der Waals surface area contributed by atoms with E-state index in [0.717, 1.165) is 42.5 Å². The van der Waals surface area contributed by atoms with Crippen LogP contribution in [0.2, 0.25) is 0 Å². The van der Waals surface area contributed by atoms with E-state index < -0.39 is 6.10 Å². The molecule has 1 heterocycles. The predicted molar refractivity (Wildman–Crippen MR) is 104 cm³/mol. The number of hydrogen-bond acceptors (Lipinski definition) is 6. The van der Waals surface area contributed by atoms with Gasteiger partial charge in [-0.1, -0.05) is 6.92 Å². The Kier molecular flexibility index (Phi) is 8.47. The number of amides is 1. The number of anilines is 2. The van der Waals surface area contributed by atoms with E-state index >= 15 is 0 Å². The highest BCUT2D eigenvalue weighted by molar-refractivity contribution is 7.99. The summed E-state index contributed by atoms with van der Waals surface area (Å²) in [7, 11) is 0. The normalized spacial score (nSPS) is 16.1. The molecule has 1 atom stereocenters. The van der Waals surface area contributed by atoms with Crippen molar-refractivity contribution in [2.45, 2.75) is 32.3 Å². The molecule has 1 fully saturated rings. The summed E-state index contributed by atoms with van der Waals surface area (Å²) < 4.78 is 14.5. The van der Waals surface area contributed by atoms with Crippen molar-refractivity contribution < 1.29 is 19.5 Å². The first-order valence-corrected chi connectivity index (χ1v) is 10.2. The summed E-state index contributed by atoms with van der Waals surface area (Å²) in [6.45, 7) is 3.45. The van der Waals surface area contributed by atoms with Gasteiger partial charge in [0.15, 0.2) is 0 Å². The predicted octanol–water partition coefficient (Wildman–Crippen LogP) is 2.24. The minimum Gasteiger partial charge on any atom is -0.389 e. The number of benzene rings is 1. The Balaban J connectivity index is 1.91. The molecule has 26 heavy (non-hydrogen) atoms. The Hall–Kier alpha value is -1.51. The van der Waals surface area contributed by atoms with Gasteiger partial charge in [0.1, 0.15) is 5.82 Å². The molecule has 1 saturated heterocycles. The zero-order valence-corrected chi connectivity index (χ0v) is 16.0. The molecule has 0 spiro atoms. The molecule has 6 nitrogen and oxygen atoms in total. The Morgan fingerprint density at radius 2 is 2.23 bits per heavy atom. The number of carbonyl (C=O) groups excluding carboxylic acids is 1. The van der Waals surface area contributed by atoms with Crippen LogP contribution in [0.3, 0.4) is 0 Å². The van der Waals surface area contributed by atoms with Gasteiger partial charge >= 0.3 is 0 Å². The maximum absolute atomic E-state index is 14.5. The van der Waals surface area contributed by atoms with Gasteiger partial charge in [0.2, 0.25) is 5.91 Å². The lowest BCUT2D eigenvalue weighted by molar-refractivity contribution is -0.121. The number of carbonyl (C=O) groups is 1. The molecule has 1 aliphatic heterocycles. The molecule has 1 amide bonds. The summed E-state index contributed by atoms with van der Waals surface area (Å²) in [6, 6.07) is 4.58. The van der Waals surface area contributed by atoms with Gasteiger partial charge in [0.25, 0.3) is 0 Å². The molecule has 0 radical (unpaired) electrons. The molecule has 0 aromatic heterocycles. The van der Waals surface area contributed by atoms with Crippen LogP contribution in [-0.2, 0) is 4.79 Å². The summed E-state index contributed by atoms with van der Waals surface area (Å²) in [5.41, 5.74) is 0.811. The van der Waals surface area contributed by atoms with Crippen LogP contribution in [-0.4, -0.2) is 60.0 Å². The molecule has 0 bridgehead atoms. The Morgan fingerprint density at radius 3 is 2.96 bits per heavy atom. The molecule has 1 aromatic rings. The molecule has 0 aliphatic carbocycles. The fourth-order valence-corrected chi connectivity index (χ4v) is 3.70. The molecule has 146 valence electrons. The number of aliphatic hydroxyl groups excluding tert-OH is 1. The fourth-order valence-electron chi connectivity index (χ4n) is 2.82. The molecular formula is C18H28FN3O3S. The zero-order chi connectivity index (χ0) is 18.9. The maximum atomic E-state index is 14.5. The Labute approximate surface area is 158 Å². The number of nitrogens with zero attached hydrogens (tertiary/aromatic N) is 2. The van der Waals surface area contributed by atoms with Gasteiger partial charge in [-0.2, -0.15) is 11.8 Å². The molecule has 0 unspecified atom stereocenters. The van der Waals surface area contributed by atoms with E-state index in [2.05, 4.69) is 5.32 Å². The average Bonchev–Trinajstić information content (AvgIpc) is 2.89. The van der Waals surface area contributed by atoms with Gasteiger partial charge in [-0.15, -0.1) is 0 Å². The summed E-state index contributed by atoms with van der Waals surface area (Å²) in [6.07, 6.45) is 1.20. The van der Waals surface area contributed by atoms with Crippen molar-refractivity contribution in [3.8, 4) is 0 Å². The maximum Gasteiger partial charge on any atom is 0.220 e. The highest BCUT2D eigenvalue weighted by atomic mass is 32.2. The van der Waals surface area contributed by atoms with E-state index in [4.69, 9.17) is 0 Å². The second-order valence-electron chi connectivity index (χ2n) is 6.38. The van der Waals surface area contributed by atoms with Gasteiger partial charge in [0.05, 0.1) is 24.0 Å². The third-order valence-corrected chi connectivity index (χ3v) is 5.24. The molecule has 3 N–H and O–H groups in total. The third kappa shape index (κ3) is 6.34. The first-order chi connectivity index (χ1) is 12.5. The van der Waals surface area contributed by atoms with Gasteiger partial charge in [0, 0.05) is 37.9 Å². The van der Waals surface area contributed by atoms with E-state index in [9.17, 15) is 19.5 Å². The summed E-state index contributed by atoms with van der Waals surface area (Å²) in [4.78, 5) is 13.4. The van der Waals surface area contributed by atoms with Crippen LogP contribution in [0.25, 0.3) is 0 Å². The lowest BCUT2D eigenvalue weighted by Crippen LogP contribution is -2.39. The SMILES string of the molecule is CCCC(=O)NC[C@H](O)CN(O)c1ccc(N2CCCSCC2)c(F)c1. The van der Waals surface area contributed by atoms with Gasteiger partial charge < -0.3 is 15.3 Å². The van der Waals surface area contributed by atoms with E-state index in [-0.39, 0.29) is 30.5 Å². The highest BCUT2D eigenvalue weighted by Crippen LogP contribution is 2.26. The zero-order valence-electron chi connectivity index (χ0n) is 15.2. The lowest BCUT2D eigenvalue weighted by Gasteiger charge is -2.25. The number of thioether (sulfide) groups is 1. The standard InChI is InChI=1S/C18H28FN3O3S/c1-2-4-18(24)20-12-15(23)13-22(25)14-5-6-17(16(19)11-14)21-7-3-9-26-10-8-21/h5-6,11,15,23,25H,2-4,7-10,12-13H2,1H3,(H,20,24)/t15-/m0/s1. The van der Waals surface area contributed by atoms with Crippen LogP contribution >= 0.6 is 11.8 Å². The first-order valence-electron chi connectivity index (χ1n) is 9.04. The molecule has 8 heteroatoms. The van der Waals surface area contributed by atoms with Crippen molar-refractivity contribution in [3.05, 3.63) is 24.0 Å². The van der Waals surface area contributed by atoms with Crippen LogP contribution in [0.15, 0.2) is 18.2 Å². The molecular weight excluding hydrogens is 357 g/mol. The van der Waals surface area contributed by atoms with Gasteiger partial charge in [-0.25, -0.2) is 4.39 Å². The molecule has 0 saturated carbocycles. The first kappa shape index (κ1) is 20.8. The monoisotopic (exact) mass is 385 g/mol. The molecule has 1 aliphatic rings. The second-order valence-corrected chi connectivity index (χ2v) is 7.60. The molecule has 1 aromatic carbocycles. The number of rotatable bonds is 8. The average molecular weight is 386 g/mol. The number of aliphatic hydroxyl groups is 1. The lowest BCUT2D eigenvalue weighted by atomic mass is 10.2. The highest BCUT2D eigenvalue weighted by Gasteiger charge is 2.17. The van der Waals surface area contributed by atoms with E-state index in [1.54, 1.807) is 12.1 Å². The molecule has 2 rings (SSSR count). The number of hydrogen-bond donors (Lipinski definition) is 3. The van der Waals surface area contributed by atoms with Crippen LogP contribution in [0.1, 0.15) is 26.2 Å². The number of hydroxylamine groups is 1. The van der Waals surface area contributed by atoms with Crippen molar-refractivity contribution in [2.24, 2.45) is 0 Å². The Morgan fingerprint density at radius 1 is 1.42 bits per heavy atom. The number of halogens is 1. The van der Waals surface area contributed by atoms with Crippen LogP contribution in [0.5, 0.6) is 0 Å².